The monoisotopic (exact) mass is 311 g/mol. The second-order valence-corrected chi connectivity index (χ2v) is 5.45. The van der Waals surface area contributed by atoms with E-state index in [1.54, 1.807) is 0 Å². The predicted octanol–water partition coefficient (Wildman–Crippen LogP) is 3.94. The molecule has 0 aliphatic heterocycles. The fourth-order valence-corrected chi connectivity index (χ4v) is 2.33. The van der Waals surface area contributed by atoms with Crippen LogP contribution < -0.4 is 0 Å². The van der Waals surface area contributed by atoms with Gasteiger partial charge in [-0.05, 0) is 31.9 Å². The van der Waals surface area contributed by atoms with E-state index in [9.17, 15) is 4.79 Å². The maximum atomic E-state index is 12.5. The van der Waals surface area contributed by atoms with Crippen LogP contribution in [0.1, 0.15) is 41.3 Å². The first kappa shape index (κ1) is 15.2. The molecule has 0 atom stereocenters. The Hall–Kier alpha value is -0.830. The van der Waals surface area contributed by atoms with E-state index in [1.165, 1.54) is 0 Å². The summed E-state index contributed by atoms with van der Waals surface area (Å²) >= 11 is 3.42. The lowest BCUT2D eigenvalue weighted by Crippen LogP contribution is -2.34. The van der Waals surface area contributed by atoms with E-state index in [0.29, 0.717) is 0 Å². The lowest BCUT2D eigenvalue weighted by molar-refractivity contribution is 0.0763. The summed E-state index contributed by atoms with van der Waals surface area (Å²) in [5, 5.41) is 0.827. The van der Waals surface area contributed by atoms with Gasteiger partial charge in [0.15, 0.2) is 0 Å². The van der Waals surface area contributed by atoms with Gasteiger partial charge < -0.3 is 4.90 Å². The van der Waals surface area contributed by atoms with Crippen molar-refractivity contribution in [3.8, 4) is 0 Å². The van der Waals surface area contributed by atoms with Crippen LogP contribution in [0.5, 0.6) is 0 Å². The van der Waals surface area contributed by atoms with E-state index in [2.05, 4.69) is 22.9 Å². The Balaban J connectivity index is 2.90. The minimum Gasteiger partial charge on any atom is -0.338 e. The molecule has 1 rings (SSSR count). The summed E-state index contributed by atoms with van der Waals surface area (Å²) in [5.41, 5.74) is 3.03. The van der Waals surface area contributed by atoms with Crippen molar-refractivity contribution < 1.29 is 4.79 Å². The van der Waals surface area contributed by atoms with Gasteiger partial charge >= 0.3 is 0 Å². The second kappa shape index (κ2) is 7.57. The predicted molar refractivity (Wildman–Crippen MR) is 80.5 cm³/mol. The van der Waals surface area contributed by atoms with Gasteiger partial charge in [-0.1, -0.05) is 47.0 Å². The molecule has 0 heterocycles. The average Bonchev–Trinajstić information content (AvgIpc) is 2.36. The SMILES string of the molecule is CCCCN(CCBr)C(=O)c1cc(C)ccc1C. The van der Waals surface area contributed by atoms with Crippen LogP contribution in [0.3, 0.4) is 0 Å². The Morgan fingerprint density at radius 3 is 2.61 bits per heavy atom. The second-order valence-electron chi connectivity index (χ2n) is 4.65. The van der Waals surface area contributed by atoms with Crippen LogP contribution in [0, 0.1) is 13.8 Å². The average molecular weight is 312 g/mol. The van der Waals surface area contributed by atoms with Crippen molar-refractivity contribution in [1.29, 1.82) is 0 Å². The molecule has 3 heteroatoms. The number of hydrogen-bond donors (Lipinski definition) is 0. The zero-order valence-electron chi connectivity index (χ0n) is 11.5. The molecule has 0 aliphatic carbocycles. The largest absolute Gasteiger partial charge is 0.338 e. The van der Waals surface area contributed by atoms with Gasteiger partial charge in [0.1, 0.15) is 0 Å². The molecule has 0 saturated heterocycles. The van der Waals surface area contributed by atoms with Crippen molar-refractivity contribution >= 4 is 21.8 Å². The van der Waals surface area contributed by atoms with E-state index < -0.39 is 0 Å². The third kappa shape index (κ3) is 4.13. The standard InChI is InChI=1S/C15H22BrNO/c1-4-5-9-17(10-8-16)15(18)14-11-12(2)6-7-13(14)3/h6-7,11H,4-5,8-10H2,1-3H3. The highest BCUT2D eigenvalue weighted by atomic mass is 79.9. The van der Waals surface area contributed by atoms with E-state index in [4.69, 9.17) is 0 Å². The van der Waals surface area contributed by atoms with Gasteiger partial charge in [0.2, 0.25) is 0 Å². The summed E-state index contributed by atoms with van der Waals surface area (Å²) < 4.78 is 0. The highest BCUT2D eigenvalue weighted by Gasteiger charge is 2.16. The van der Waals surface area contributed by atoms with Crippen LogP contribution in [0.4, 0.5) is 0 Å². The maximum absolute atomic E-state index is 12.5. The van der Waals surface area contributed by atoms with Crippen molar-refractivity contribution in [2.24, 2.45) is 0 Å². The number of aryl methyl sites for hydroxylation is 2. The number of carbonyl (C=O) groups excluding carboxylic acids is 1. The molecule has 0 N–H and O–H groups in total. The van der Waals surface area contributed by atoms with Crippen molar-refractivity contribution in [3.05, 3.63) is 34.9 Å². The molecule has 2 nitrogen and oxygen atoms in total. The topological polar surface area (TPSA) is 20.3 Å². The molecule has 0 bridgehead atoms. The number of hydrogen-bond acceptors (Lipinski definition) is 1. The van der Waals surface area contributed by atoms with Gasteiger partial charge in [-0.3, -0.25) is 4.79 Å². The minimum absolute atomic E-state index is 0.157. The fraction of sp³-hybridized carbons (Fsp3) is 0.533. The van der Waals surface area contributed by atoms with Crippen LogP contribution in [-0.2, 0) is 0 Å². The number of benzene rings is 1. The van der Waals surface area contributed by atoms with Crippen LogP contribution >= 0.6 is 15.9 Å². The summed E-state index contributed by atoms with van der Waals surface area (Å²) in [6, 6.07) is 6.06. The van der Waals surface area contributed by atoms with Gasteiger partial charge in [-0.25, -0.2) is 0 Å². The first-order valence-corrected chi connectivity index (χ1v) is 7.64. The summed E-state index contributed by atoms with van der Waals surface area (Å²) in [4.78, 5) is 14.5. The van der Waals surface area contributed by atoms with Crippen molar-refractivity contribution in [2.45, 2.75) is 33.6 Å². The lowest BCUT2D eigenvalue weighted by Gasteiger charge is -2.22. The molecule has 100 valence electrons. The zero-order chi connectivity index (χ0) is 13.5. The Labute approximate surface area is 119 Å². The molecule has 1 aromatic carbocycles. The summed E-state index contributed by atoms with van der Waals surface area (Å²) in [6.45, 7) is 7.78. The highest BCUT2D eigenvalue weighted by molar-refractivity contribution is 9.09. The Bertz CT molecular complexity index is 403. The number of halogens is 1. The van der Waals surface area contributed by atoms with Gasteiger partial charge in [0.05, 0.1) is 0 Å². The smallest absolute Gasteiger partial charge is 0.254 e. The van der Waals surface area contributed by atoms with E-state index in [-0.39, 0.29) is 5.91 Å². The molecule has 0 aromatic heterocycles. The molecule has 0 fully saturated rings. The number of unbranched alkanes of at least 4 members (excludes halogenated alkanes) is 1. The number of nitrogens with zero attached hydrogens (tertiary/aromatic N) is 1. The normalized spacial score (nSPS) is 10.4. The molecule has 1 aromatic rings. The van der Waals surface area contributed by atoms with Crippen LogP contribution in [0.15, 0.2) is 18.2 Å². The third-order valence-electron chi connectivity index (χ3n) is 3.05. The van der Waals surface area contributed by atoms with Gasteiger partial charge in [0, 0.05) is 24.0 Å². The van der Waals surface area contributed by atoms with Gasteiger partial charge in [-0.15, -0.1) is 0 Å². The fourth-order valence-electron chi connectivity index (χ4n) is 1.90. The van der Waals surface area contributed by atoms with Gasteiger partial charge in [-0.2, -0.15) is 0 Å². The molecule has 0 unspecified atom stereocenters. The first-order chi connectivity index (χ1) is 8.60. The lowest BCUT2D eigenvalue weighted by atomic mass is 10.0. The molecule has 0 aliphatic rings. The quantitative estimate of drug-likeness (QED) is 0.729. The number of carbonyl (C=O) groups is 1. The van der Waals surface area contributed by atoms with Crippen molar-refractivity contribution in [1.82, 2.24) is 4.90 Å². The third-order valence-corrected chi connectivity index (χ3v) is 3.40. The minimum atomic E-state index is 0.157. The molecule has 0 radical (unpaired) electrons. The van der Waals surface area contributed by atoms with Crippen LogP contribution in [0.25, 0.3) is 0 Å². The number of amides is 1. The van der Waals surface area contributed by atoms with Crippen molar-refractivity contribution in [2.75, 3.05) is 18.4 Å². The van der Waals surface area contributed by atoms with Gasteiger partial charge in [0.25, 0.3) is 5.91 Å². The molecular formula is C15H22BrNO. The highest BCUT2D eigenvalue weighted by Crippen LogP contribution is 2.14. The summed E-state index contributed by atoms with van der Waals surface area (Å²) in [7, 11) is 0. The zero-order valence-corrected chi connectivity index (χ0v) is 13.1. The maximum Gasteiger partial charge on any atom is 0.254 e. The molecular weight excluding hydrogens is 290 g/mol. The molecule has 18 heavy (non-hydrogen) atoms. The van der Waals surface area contributed by atoms with E-state index in [1.807, 2.05) is 36.9 Å². The van der Waals surface area contributed by atoms with Crippen LogP contribution in [0.2, 0.25) is 0 Å². The number of rotatable bonds is 6. The van der Waals surface area contributed by atoms with E-state index >= 15 is 0 Å². The van der Waals surface area contributed by atoms with E-state index in [0.717, 1.165) is 48.0 Å². The molecule has 0 spiro atoms. The molecule has 1 amide bonds. The Morgan fingerprint density at radius 1 is 1.28 bits per heavy atom. The number of alkyl halides is 1. The molecule has 0 saturated carbocycles. The summed E-state index contributed by atoms with van der Waals surface area (Å²) in [5.74, 6) is 0.157. The van der Waals surface area contributed by atoms with Crippen LogP contribution in [-0.4, -0.2) is 29.2 Å². The first-order valence-electron chi connectivity index (χ1n) is 6.52. The Morgan fingerprint density at radius 2 is 2.00 bits per heavy atom. The van der Waals surface area contributed by atoms with Crippen molar-refractivity contribution in [3.63, 3.8) is 0 Å². The summed E-state index contributed by atoms with van der Waals surface area (Å²) in [6.07, 6.45) is 2.17. The Kier molecular flexibility index (Phi) is 6.41.